The number of hydrogen-bond acceptors (Lipinski definition) is 3. The van der Waals surface area contributed by atoms with Crippen molar-refractivity contribution in [3.8, 4) is 0 Å². The van der Waals surface area contributed by atoms with Crippen LogP contribution in [0.25, 0.3) is 0 Å². The van der Waals surface area contributed by atoms with Gasteiger partial charge in [-0.25, -0.2) is 8.42 Å². The molecule has 0 fully saturated rings. The highest BCUT2D eigenvalue weighted by Gasteiger charge is 2.31. The smallest absolute Gasteiger partial charge is 0.247 e. The van der Waals surface area contributed by atoms with Crippen molar-refractivity contribution in [2.45, 2.75) is 19.9 Å². The molecule has 0 heterocycles. The van der Waals surface area contributed by atoms with Crippen LogP contribution in [0.1, 0.15) is 12.5 Å². The second-order valence-electron chi connectivity index (χ2n) is 5.78. The van der Waals surface area contributed by atoms with Gasteiger partial charge in [-0.05, 0) is 49.7 Å². The van der Waals surface area contributed by atoms with Gasteiger partial charge in [0.15, 0.2) is 0 Å². The summed E-state index contributed by atoms with van der Waals surface area (Å²) in [4.78, 5) is 12.6. The molecule has 9 heteroatoms. The summed E-state index contributed by atoms with van der Waals surface area (Å²) < 4.78 is 25.6. The standard InChI is InChI=1S/C17H17Cl3N2O3S/c1-10-4-6-13(9-15(10)20)21-17(23)11(2)22(26(3,24)25)16-8-12(18)5-7-14(16)19/h4-9,11H,1-3H3,(H,21,23). The Morgan fingerprint density at radius 1 is 1.08 bits per heavy atom. The Bertz CT molecular complexity index is 948. The number of hydrogen-bond donors (Lipinski definition) is 1. The highest BCUT2D eigenvalue weighted by atomic mass is 35.5. The molecule has 0 bridgehead atoms. The highest BCUT2D eigenvalue weighted by Crippen LogP contribution is 2.32. The first-order chi connectivity index (χ1) is 12.0. The molecule has 1 amide bonds. The van der Waals surface area contributed by atoms with E-state index in [4.69, 9.17) is 34.8 Å². The van der Waals surface area contributed by atoms with Crippen molar-refractivity contribution < 1.29 is 13.2 Å². The average Bonchev–Trinajstić information content (AvgIpc) is 2.53. The van der Waals surface area contributed by atoms with Gasteiger partial charge in [0.25, 0.3) is 0 Å². The van der Waals surface area contributed by atoms with Crippen molar-refractivity contribution in [3.05, 3.63) is 57.0 Å². The van der Waals surface area contributed by atoms with E-state index in [0.717, 1.165) is 16.1 Å². The number of anilines is 2. The lowest BCUT2D eigenvalue weighted by atomic mass is 10.2. The van der Waals surface area contributed by atoms with Gasteiger partial charge in [0.05, 0.1) is 17.0 Å². The molecular weight excluding hydrogens is 419 g/mol. The van der Waals surface area contributed by atoms with Gasteiger partial charge in [-0.15, -0.1) is 0 Å². The van der Waals surface area contributed by atoms with E-state index < -0.39 is 22.0 Å². The average molecular weight is 436 g/mol. The maximum atomic E-state index is 12.6. The van der Waals surface area contributed by atoms with Crippen LogP contribution < -0.4 is 9.62 Å². The van der Waals surface area contributed by atoms with Gasteiger partial charge in [0.1, 0.15) is 6.04 Å². The van der Waals surface area contributed by atoms with E-state index in [1.165, 1.54) is 25.1 Å². The fourth-order valence-electron chi connectivity index (χ4n) is 2.35. The first-order valence-corrected chi connectivity index (χ1v) is 10.5. The fourth-order valence-corrected chi connectivity index (χ4v) is 4.14. The van der Waals surface area contributed by atoms with Gasteiger partial charge < -0.3 is 5.32 Å². The molecule has 26 heavy (non-hydrogen) atoms. The summed E-state index contributed by atoms with van der Waals surface area (Å²) >= 11 is 18.1. The largest absolute Gasteiger partial charge is 0.324 e. The molecule has 0 aromatic heterocycles. The molecule has 0 aliphatic rings. The fraction of sp³-hybridized carbons (Fsp3) is 0.235. The van der Waals surface area contributed by atoms with Crippen molar-refractivity contribution in [3.63, 3.8) is 0 Å². The first-order valence-electron chi connectivity index (χ1n) is 7.52. The summed E-state index contributed by atoms with van der Waals surface area (Å²) in [5.74, 6) is -0.536. The van der Waals surface area contributed by atoms with E-state index in [0.29, 0.717) is 15.7 Å². The first kappa shape index (κ1) is 20.8. The minimum atomic E-state index is -3.81. The number of halogens is 3. The molecule has 140 valence electrons. The van der Waals surface area contributed by atoms with Crippen molar-refractivity contribution in [2.24, 2.45) is 0 Å². The quantitative estimate of drug-likeness (QED) is 0.737. The molecule has 0 aliphatic carbocycles. The monoisotopic (exact) mass is 434 g/mol. The molecule has 2 aromatic rings. The normalized spacial score (nSPS) is 12.5. The molecule has 0 saturated heterocycles. The van der Waals surface area contributed by atoms with Gasteiger partial charge in [-0.2, -0.15) is 0 Å². The number of benzene rings is 2. The summed E-state index contributed by atoms with van der Waals surface area (Å²) in [6.45, 7) is 3.30. The van der Waals surface area contributed by atoms with Gasteiger partial charge >= 0.3 is 0 Å². The number of carbonyl (C=O) groups is 1. The predicted octanol–water partition coefficient (Wildman–Crippen LogP) is 4.75. The molecular formula is C17H17Cl3N2O3S. The van der Waals surface area contributed by atoms with Crippen LogP contribution in [0, 0.1) is 6.92 Å². The summed E-state index contributed by atoms with van der Waals surface area (Å²) in [6, 6.07) is 8.37. The zero-order chi connectivity index (χ0) is 19.6. The Morgan fingerprint density at radius 2 is 1.73 bits per heavy atom. The predicted molar refractivity (Wildman–Crippen MR) is 108 cm³/mol. The SMILES string of the molecule is Cc1ccc(NC(=O)C(C)N(c2cc(Cl)ccc2Cl)S(C)(=O)=O)cc1Cl. The number of sulfonamides is 1. The minimum absolute atomic E-state index is 0.131. The summed E-state index contributed by atoms with van der Waals surface area (Å²) in [5, 5.41) is 3.62. The highest BCUT2D eigenvalue weighted by molar-refractivity contribution is 7.92. The second kappa shape index (κ2) is 8.05. The van der Waals surface area contributed by atoms with Crippen molar-refractivity contribution in [1.29, 1.82) is 0 Å². The Kier molecular flexibility index (Phi) is 6.45. The Hall–Kier alpha value is -1.47. The third kappa shape index (κ3) is 4.82. The minimum Gasteiger partial charge on any atom is -0.324 e. The van der Waals surface area contributed by atoms with Crippen LogP contribution in [0.15, 0.2) is 36.4 Å². The molecule has 2 aromatic carbocycles. The molecule has 0 aliphatic heterocycles. The summed E-state index contributed by atoms with van der Waals surface area (Å²) in [7, 11) is -3.81. The van der Waals surface area contributed by atoms with Crippen LogP contribution in [-0.4, -0.2) is 26.6 Å². The van der Waals surface area contributed by atoms with Gasteiger partial charge in [-0.1, -0.05) is 40.9 Å². The molecule has 5 nitrogen and oxygen atoms in total. The van der Waals surface area contributed by atoms with Crippen molar-refractivity contribution in [2.75, 3.05) is 15.9 Å². The molecule has 1 unspecified atom stereocenters. The zero-order valence-corrected chi connectivity index (χ0v) is 17.3. The Morgan fingerprint density at radius 3 is 2.31 bits per heavy atom. The van der Waals surface area contributed by atoms with E-state index in [-0.39, 0.29) is 10.7 Å². The van der Waals surface area contributed by atoms with Crippen molar-refractivity contribution in [1.82, 2.24) is 0 Å². The van der Waals surface area contributed by atoms with Crippen molar-refractivity contribution >= 4 is 62.1 Å². The van der Waals surface area contributed by atoms with Crippen LogP contribution in [0.4, 0.5) is 11.4 Å². The van der Waals surface area contributed by atoms with E-state index in [9.17, 15) is 13.2 Å². The topological polar surface area (TPSA) is 66.5 Å². The number of aryl methyl sites for hydroxylation is 1. The molecule has 0 spiro atoms. The summed E-state index contributed by atoms with van der Waals surface area (Å²) in [5.41, 5.74) is 1.45. The lowest BCUT2D eigenvalue weighted by Gasteiger charge is -2.29. The maximum Gasteiger partial charge on any atom is 0.247 e. The molecule has 0 radical (unpaired) electrons. The van der Waals surface area contributed by atoms with Crippen LogP contribution in [0.2, 0.25) is 15.1 Å². The molecule has 1 atom stereocenters. The Balaban J connectivity index is 2.37. The zero-order valence-electron chi connectivity index (χ0n) is 14.3. The number of nitrogens with zero attached hydrogens (tertiary/aromatic N) is 1. The van der Waals surface area contributed by atoms with Gasteiger partial charge in [-0.3, -0.25) is 9.10 Å². The third-order valence-corrected chi connectivity index (χ3v) is 5.86. The molecule has 0 saturated carbocycles. The summed E-state index contributed by atoms with van der Waals surface area (Å²) in [6.07, 6.45) is 0.997. The molecule has 2 rings (SSSR count). The van der Waals surface area contributed by atoms with Crippen LogP contribution in [0.5, 0.6) is 0 Å². The van der Waals surface area contributed by atoms with E-state index in [2.05, 4.69) is 5.32 Å². The van der Waals surface area contributed by atoms with Crippen LogP contribution in [-0.2, 0) is 14.8 Å². The van der Waals surface area contributed by atoms with Crippen LogP contribution >= 0.6 is 34.8 Å². The molecule has 1 N–H and O–H groups in total. The lowest BCUT2D eigenvalue weighted by molar-refractivity contribution is -0.116. The van der Waals surface area contributed by atoms with E-state index in [1.54, 1.807) is 18.2 Å². The third-order valence-electron chi connectivity index (χ3n) is 3.67. The van der Waals surface area contributed by atoms with E-state index >= 15 is 0 Å². The Labute approximate surface area is 167 Å². The maximum absolute atomic E-state index is 12.6. The number of carbonyl (C=O) groups excluding carboxylic acids is 1. The number of rotatable bonds is 5. The van der Waals surface area contributed by atoms with Crippen LogP contribution in [0.3, 0.4) is 0 Å². The van der Waals surface area contributed by atoms with E-state index in [1.807, 2.05) is 6.92 Å². The second-order valence-corrected chi connectivity index (χ2v) is 8.89. The number of nitrogens with one attached hydrogen (secondary N) is 1. The van der Waals surface area contributed by atoms with Gasteiger partial charge in [0, 0.05) is 15.7 Å². The van der Waals surface area contributed by atoms with Gasteiger partial charge in [0.2, 0.25) is 15.9 Å². The lowest BCUT2D eigenvalue weighted by Crippen LogP contribution is -2.45. The number of amides is 1.